The van der Waals surface area contributed by atoms with Crippen LogP contribution in [0.1, 0.15) is 23.1 Å². The third kappa shape index (κ3) is 4.32. The summed E-state index contributed by atoms with van der Waals surface area (Å²) in [5.74, 6) is -1.37. The van der Waals surface area contributed by atoms with Gasteiger partial charge >= 0.3 is 6.03 Å². The van der Waals surface area contributed by atoms with Crippen molar-refractivity contribution in [2.24, 2.45) is 0 Å². The van der Waals surface area contributed by atoms with E-state index in [0.717, 1.165) is 42.1 Å². The van der Waals surface area contributed by atoms with Crippen LogP contribution in [0.3, 0.4) is 0 Å². The minimum absolute atomic E-state index is 0.0912. The third-order valence-electron chi connectivity index (χ3n) is 6.03. The van der Waals surface area contributed by atoms with E-state index in [2.05, 4.69) is 22.3 Å². The first-order valence-electron chi connectivity index (χ1n) is 11.1. The molecule has 170 valence electrons. The molecule has 0 aromatic heterocycles. The molecule has 0 spiro atoms. The molecule has 1 N–H and O–H groups in total. The van der Waals surface area contributed by atoms with Crippen LogP contribution in [0.25, 0.3) is 6.08 Å². The second-order valence-corrected chi connectivity index (χ2v) is 8.77. The predicted octanol–water partition coefficient (Wildman–Crippen LogP) is 4.96. The van der Waals surface area contributed by atoms with E-state index in [9.17, 15) is 14.4 Å². The van der Waals surface area contributed by atoms with Crippen LogP contribution in [-0.2, 0) is 22.6 Å². The van der Waals surface area contributed by atoms with Crippen molar-refractivity contribution >= 4 is 46.9 Å². The maximum atomic E-state index is 13.1. The highest BCUT2D eigenvalue weighted by Crippen LogP contribution is 2.31. The van der Waals surface area contributed by atoms with Crippen molar-refractivity contribution in [1.29, 1.82) is 0 Å². The molecule has 0 atom stereocenters. The highest BCUT2D eigenvalue weighted by molar-refractivity contribution is 6.39. The Hall–Kier alpha value is -3.90. The summed E-state index contributed by atoms with van der Waals surface area (Å²) in [6.07, 6.45) is 3.49. The third-order valence-corrected chi connectivity index (χ3v) is 6.28. The van der Waals surface area contributed by atoms with Crippen molar-refractivity contribution in [3.63, 3.8) is 0 Å². The van der Waals surface area contributed by atoms with Crippen LogP contribution in [0.4, 0.5) is 16.2 Å². The van der Waals surface area contributed by atoms with Crippen molar-refractivity contribution in [3.05, 3.63) is 100 Å². The molecule has 6 nitrogen and oxygen atoms in total. The Morgan fingerprint density at radius 2 is 1.71 bits per heavy atom. The molecule has 4 amide bonds. The van der Waals surface area contributed by atoms with Crippen molar-refractivity contribution in [2.75, 3.05) is 16.3 Å². The summed E-state index contributed by atoms with van der Waals surface area (Å²) in [6.45, 7) is 1.80. The number of nitrogens with zero attached hydrogens (tertiary/aromatic N) is 2. The van der Waals surface area contributed by atoms with Crippen LogP contribution in [0.2, 0.25) is 5.02 Å². The first kappa shape index (κ1) is 21.9. The number of aryl methyl sites for hydroxylation is 1. The number of benzene rings is 3. The summed E-state index contributed by atoms with van der Waals surface area (Å²) in [5.41, 5.74) is 4.57. The van der Waals surface area contributed by atoms with Gasteiger partial charge < -0.3 is 4.90 Å². The first-order valence-corrected chi connectivity index (χ1v) is 11.5. The number of carbonyl (C=O) groups is 3. The number of carbonyl (C=O) groups excluding carboxylic acids is 3. The Balaban J connectivity index is 1.43. The SMILES string of the molecule is O=C1NC(=O)N(c2ccc(Cl)cc2)C(=O)/C1=C/c1ccc2c(c1)CCCN2Cc1ccccc1. The van der Waals surface area contributed by atoms with Crippen LogP contribution in [-0.4, -0.2) is 24.4 Å². The first-order chi connectivity index (χ1) is 16.5. The molecular formula is C27H22ClN3O3. The van der Waals surface area contributed by atoms with E-state index in [0.29, 0.717) is 10.7 Å². The number of hydrogen-bond donors (Lipinski definition) is 1. The maximum absolute atomic E-state index is 13.1. The zero-order valence-corrected chi connectivity index (χ0v) is 19.1. The molecule has 5 rings (SSSR count). The second-order valence-electron chi connectivity index (χ2n) is 8.33. The molecule has 0 radical (unpaired) electrons. The van der Waals surface area contributed by atoms with Gasteiger partial charge in [0.2, 0.25) is 0 Å². The topological polar surface area (TPSA) is 69.7 Å². The average molecular weight is 472 g/mol. The second kappa shape index (κ2) is 9.15. The van der Waals surface area contributed by atoms with E-state index in [-0.39, 0.29) is 5.57 Å². The molecule has 2 heterocycles. The molecule has 0 bridgehead atoms. The number of halogens is 1. The molecule has 0 unspecified atom stereocenters. The predicted molar refractivity (Wildman–Crippen MR) is 133 cm³/mol. The van der Waals surface area contributed by atoms with Crippen molar-refractivity contribution in [2.45, 2.75) is 19.4 Å². The lowest BCUT2D eigenvalue weighted by atomic mass is 9.97. The maximum Gasteiger partial charge on any atom is 0.335 e. The number of anilines is 2. The van der Waals surface area contributed by atoms with Gasteiger partial charge in [-0.25, -0.2) is 9.69 Å². The van der Waals surface area contributed by atoms with Gasteiger partial charge in [-0.1, -0.05) is 48.0 Å². The number of fused-ring (bicyclic) bond motifs is 1. The van der Waals surface area contributed by atoms with Gasteiger partial charge in [-0.2, -0.15) is 0 Å². The number of hydrogen-bond acceptors (Lipinski definition) is 4. The molecule has 7 heteroatoms. The number of urea groups is 1. The molecule has 1 saturated heterocycles. The monoisotopic (exact) mass is 471 g/mol. The Kier molecular flexibility index (Phi) is 5.90. The van der Waals surface area contributed by atoms with Gasteiger partial charge in [-0.05, 0) is 72.0 Å². The Morgan fingerprint density at radius 1 is 0.941 bits per heavy atom. The quantitative estimate of drug-likeness (QED) is 0.431. The molecule has 0 aliphatic carbocycles. The van der Waals surface area contributed by atoms with Gasteiger partial charge in [0.15, 0.2) is 0 Å². The molecule has 3 aromatic rings. The Bertz CT molecular complexity index is 1300. The van der Waals surface area contributed by atoms with Crippen LogP contribution >= 0.6 is 11.6 Å². The van der Waals surface area contributed by atoms with E-state index < -0.39 is 17.8 Å². The highest BCUT2D eigenvalue weighted by atomic mass is 35.5. The molecular weight excluding hydrogens is 450 g/mol. The molecule has 3 aromatic carbocycles. The normalized spacial score (nSPS) is 17.1. The lowest BCUT2D eigenvalue weighted by Crippen LogP contribution is -2.54. The minimum atomic E-state index is -0.781. The van der Waals surface area contributed by atoms with Gasteiger partial charge in [0.1, 0.15) is 5.57 Å². The Labute approximate surface area is 202 Å². The van der Waals surface area contributed by atoms with Crippen LogP contribution in [0, 0.1) is 0 Å². The number of nitrogens with one attached hydrogen (secondary N) is 1. The van der Waals surface area contributed by atoms with Crippen molar-refractivity contribution in [3.8, 4) is 0 Å². The number of rotatable bonds is 4. The molecule has 0 saturated carbocycles. The van der Waals surface area contributed by atoms with Gasteiger partial charge in [-0.3, -0.25) is 14.9 Å². The lowest BCUT2D eigenvalue weighted by Gasteiger charge is -2.32. The van der Waals surface area contributed by atoms with E-state index in [1.807, 2.05) is 36.4 Å². The zero-order valence-electron chi connectivity index (χ0n) is 18.3. The number of imide groups is 2. The van der Waals surface area contributed by atoms with E-state index in [1.54, 1.807) is 30.3 Å². The van der Waals surface area contributed by atoms with Gasteiger partial charge in [0.05, 0.1) is 5.69 Å². The molecule has 2 aliphatic rings. The summed E-state index contributed by atoms with van der Waals surface area (Å²) in [7, 11) is 0. The van der Waals surface area contributed by atoms with Gasteiger partial charge in [0.25, 0.3) is 11.8 Å². The van der Waals surface area contributed by atoms with E-state index in [1.165, 1.54) is 11.1 Å². The summed E-state index contributed by atoms with van der Waals surface area (Å²) in [4.78, 5) is 41.3. The van der Waals surface area contributed by atoms with Gasteiger partial charge in [-0.15, -0.1) is 0 Å². The molecule has 1 fully saturated rings. The minimum Gasteiger partial charge on any atom is -0.367 e. The fourth-order valence-electron chi connectivity index (χ4n) is 4.40. The largest absolute Gasteiger partial charge is 0.367 e. The zero-order chi connectivity index (χ0) is 23.7. The summed E-state index contributed by atoms with van der Waals surface area (Å²) in [5, 5.41) is 2.74. The fourth-order valence-corrected chi connectivity index (χ4v) is 4.53. The Morgan fingerprint density at radius 3 is 2.47 bits per heavy atom. The van der Waals surface area contributed by atoms with Crippen LogP contribution in [0.5, 0.6) is 0 Å². The summed E-state index contributed by atoms with van der Waals surface area (Å²) in [6, 6.07) is 21.8. The molecule has 34 heavy (non-hydrogen) atoms. The summed E-state index contributed by atoms with van der Waals surface area (Å²) < 4.78 is 0. The van der Waals surface area contributed by atoms with Crippen molar-refractivity contribution in [1.82, 2.24) is 5.32 Å². The highest BCUT2D eigenvalue weighted by Gasteiger charge is 2.36. The number of amides is 4. The van der Waals surface area contributed by atoms with Crippen LogP contribution in [0.15, 0.2) is 78.4 Å². The smallest absolute Gasteiger partial charge is 0.335 e. The van der Waals surface area contributed by atoms with Gasteiger partial charge in [0, 0.05) is 23.8 Å². The molecule has 2 aliphatic heterocycles. The van der Waals surface area contributed by atoms with Crippen LogP contribution < -0.4 is 15.1 Å². The fraction of sp³-hybridized carbons (Fsp3) is 0.148. The lowest BCUT2D eigenvalue weighted by molar-refractivity contribution is -0.122. The number of barbiturate groups is 1. The standard InChI is InChI=1S/C27H22ClN3O3/c28-21-9-11-22(12-10-21)31-26(33)23(25(32)29-27(31)34)16-19-8-13-24-20(15-19)7-4-14-30(24)17-18-5-2-1-3-6-18/h1-3,5-6,8-13,15-16H,4,7,14,17H2,(H,29,32,34)/b23-16+. The summed E-state index contributed by atoms with van der Waals surface area (Å²) >= 11 is 5.92. The van der Waals surface area contributed by atoms with Crippen molar-refractivity contribution < 1.29 is 14.4 Å². The van der Waals surface area contributed by atoms with E-state index in [4.69, 9.17) is 11.6 Å². The van der Waals surface area contributed by atoms with E-state index >= 15 is 0 Å². The average Bonchev–Trinajstić information content (AvgIpc) is 2.83.